The van der Waals surface area contributed by atoms with Crippen LogP contribution in [-0.2, 0) is 0 Å². The first-order valence-corrected chi connectivity index (χ1v) is 5.71. The molecule has 0 aliphatic rings. The zero-order valence-corrected chi connectivity index (χ0v) is 10.5. The molecule has 0 aromatic heterocycles. The number of nitrogens with two attached hydrogens (primary N) is 1. The molecule has 3 nitrogen and oxygen atoms in total. The summed E-state index contributed by atoms with van der Waals surface area (Å²) >= 11 is 5.95. The Balaban J connectivity index is 2.28. The lowest BCUT2D eigenvalue weighted by Crippen LogP contribution is -1.92. The third-order valence-electron chi connectivity index (χ3n) is 2.51. The average Bonchev–Trinajstić information content (AvgIpc) is 2.37. The number of anilines is 1. The molecule has 2 N–H and O–H groups in total. The van der Waals surface area contributed by atoms with Crippen LogP contribution in [0.5, 0.6) is 11.5 Å². The molecule has 0 radical (unpaired) electrons. The first-order chi connectivity index (χ1) is 8.60. The van der Waals surface area contributed by atoms with E-state index in [1.54, 1.807) is 36.4 Å². The van der Waals surface area contributed by atoms with Gasteiger partial charge in [0.15, 0.2) is 0 Å². The Hall–Kier alpha value is -2.18. The van der Waals surface area contributed by atoms with Gasteiger partial charge in [-0.3, -0.25) is 0 Å². The Labute approximate surface area is 110 Å². The fourth-order valence-electron chi connectivity index (χ4n) is 1.52. The topological polar surface area (TPSA) is 59.0 Å². The maximum absolute atomic E-state index is 8.71. The van der Waals surface area contributed by atoms with Crippen molar-refractivity contribution in [3.05, 3.63) is 52.5 Å². The number of benzene rings is 2. The van der Waals surface area contributed by atoms with E-state index in [1.165, 1.54) is 0 Å². The molecule has 2 aromatic carbocycles. The van der Waals surface area contributed by atoms with Crippen molar-refractivity contribution in [2.24, 2.45) is 0 Å². The molecule has 0 unspecified atom stereocenters. The lowest BCUT2D eigenvalue weighted by molar-refractivity contribution is 0.479. The summed E-state index contributed by atoms with van der Waals surface area (Å²) in [6, 6.07) is 12.4. The number of nitrogens with zero attached hydrogens (tertiary/aromatic N) is 1. The van der Waals surface area contributed by atoms with Crippen LogP contribution in [0.3, 0.4) is 0 Å². The van der Waals surface area contributed by atoms with Crippen molar-refractivity contribution in [2.45, 2.75) is 6.92 Å². The Morgan fingerprint density at radius 3 is 2.50 bits per heavy atom. The summed E-state index contributed by atoms with van der Waals surface area (Å²) in [5.41, 5.74) is 7.72. The van der Waals surface area contributed by atoms with E-state index in [9.17, 15) is 0 Å². The van der Waals surface area contributed by atoms with E-state index in [0.717, 1.165) is 5.56 Å². The molecule has 0 atom stereocenters. The highest BCUT2D eigenvalue weighted by atomic mass is 35.5. The van der Waals surface area contributed by atoms with Crippen molar-refractivity contribution < 1.29 is 4.74 Å². The van der Waals surface area contributed by atoms with Crippen LogP contribution in [0.2, 0.25) is 5.02 Å². The average molecular weight is 259 g/mol. The highest BCUT2D eigenvalue weighted by Gasteiger charge is 2.06. The van der Waals surface area contributed by atoms with E-state index < -0.39 is 0 Å². The van der Waals surface area contributed by atoms with E-state index in [1.807, 2.05) is 6.92 Å². The van der Waals surface area contributed by atoms with Crippen molar-refractivity contribution in [2.75, 3.05) is 5.73 Å². The molecule has 0 aliphatic heterocycles. The molecule has 2 aromatic rings. The van der Waals surface area contributed by atoms with Crippen LogP contribution in [0.15, 0.2) is 36.4 Å². The number of nitriles is 1. The van der Waals surface area contributed by atoms with Crippen molar-refractivity contribution in [3.63, 3.8) is 0 Å². The summed E-state index contributed by atoms with van der Waals surface area (Å²) < 4.78 is 5.70. The number of nitrogen functional groups attached to an aromatic ring is 1. The van der Waals surface area contributed by atoms with Gasteiger partial charge in [-0.2, -0.15) is 5.26 Å². The van der Waals surface area contributed by atoms with Gasteiger partial charge in [-0.25, -0.2) is 0 Å². The second-order valence-electron chi connectivity index (χ2n) is 3.88. The minimum Gasteiger partial charge on any atom is -0.457 e. The molecule has 0 fully saturated rings. The minimum absolute atomic E-state index is 0.462. The molecule has 0 saturated heterocycles. The molecule has 0 amide bonds. The number of rotatable bonds is 2. The molecule has 0 saturated carbocycles. The van der Waals surface area contributed by atoms with Crippen molar-refractivity contribution in [1.29, 1.82) is 5.26 Å². The maximum atomic E-state index is 8.71. The number of halogens is 1. The third kappa shape index (κ3) is 2.55. The molecule has 18 heavy (non-hydrogen) atoms. The van der Waals surface area contributed by atoms with Gasteiger partial charge >= 0.3 is 0 Å². The largest absolute Gasteiger partial charge is 0.457 e. The molecule has 4 heteroatoms. The Bertz CT molecular complexity index is 615. The second-order valence-corrected chi connectivity index (χ2v) is 4.28. The summed E-state index contributed by atoms with van der Waals surface area (Å²) in [5.74, 6) is 1.30. The lowest BCUT2D eigenvalue weighted by atomic mass is 10.2. The van der Waals surface area contributed by atoms with Crippen molar-refractivity contribution in [1.82, 2.24) is 0 Å². The van der Waals surface area contributed by atoms with E-state index in [2.05, 4.69) is 6.07 Å². The SMILES string of the molecule is Cc1cc(N)c(Cl)cc1Oc1ccc(C#N)cc1. The van der Waals surface area contributed by atoms with E-state index in [-0.39, 0.29) is 0 Å². The van der Waals surface area contributed by atoms with E-state index in [0.29, 0.717) is 27.8 Å². The second kappa shape index (κ2) is 4.99. The van der Waals surface area contributed by atoms with Crippen LogP contribution in [0.25, 0.3) is 0 Å². The lowest BCUT2D eigenvalue weighted by Gasteiger charge is -2.10. The van der Waals surface area contributed by atoms with E-state index >= 15 is 0 Å². The summed E-state index contributed by atoms with van der Waals surface area (Å²) in [5, 5.41) is 9.17. The van der Waals surface area contributed by atoms with Crippen LogP contribution < -0.4 is 10.5 Å². The molecule has 0 spiro atoms. The van der Waals surface area contributed by atoms with Crippen LogP contribution in [0.1, 0.15) is 11.1 Å². The molecular formula is C14H11ClN2O. The Kier molecular flexibility index (Phi) is 3.40. The smallest absolute Gasteiger partial charge is 0.131 e. The van der Waals surface area contributed by atoms with Gasteiger partial charge in [0.05, 0.1) is 22.3 Å². The quantitative estimate of drug-likeness (QED) is 0.831. The van der Waals surface area contributed by atoms with Crippen LogP contribution in [0, 0.1) is 18.3 Å². The minimum atomic E-state index is 0.462. The fourth-order valence-corrected chi connectivity index (χ4v) is 1.67. The normalized spacial score (nSPS) is 9.83. The predicted molar refractivity (Wildman–Crippen MR) is 71.8 cm³/mol. The van der Waals surface area contributed by atoms with Crippen molar-refractivity contribution >= 4 is 17.3 Å². The van der Waals surface area contributed by atoms with Gasteiger partial charge in [0.2, 0.25) is 0 Å². The van der Waals surface area contributed by atoms with Crippen LogP contribution in [-0.4, -0.2) is 0 Å². The first-order valence-electron chi connectivity index (χ1n) is 5.34. The number of ether oxygens (including phenoxy) is 1. The summed E-state index contributed by atoms with van der Waals surface area (Å²) in [6.07, 6.45) is 0. The first kappa shape index (κ1) is 12.3. The highest BCUT2D eigenvalue weighted by molar-refractivity contribution is 6.33. The van der Waals surface area contributed by atoms with Crippen molar-refractivity contribution in [3.8, 4) is 17.6 Å². The predicted octanol–water partition coefficient (Wildman–Crippen LogP) is 3.89. The third-order valence-corrected chi connectivity index (χ3v) is 2.83. The summed E-state index contributed by atoms with van der Waals surface area (Å²) in [7, 11) is 0. The summed E-state index contributed by atoms with van der Waals surface area (Å²) in [6.45, 7) is 1.89. The van der Waals surface area contributed by atoms with Gasteiger partial charge < -0.3 is 10.5 Å². The number of hydrogen-bond acceptors (Lipinski definition) is 3. The van der Waals surface area contributed by atoms with Crippen LogP contribution >= 0.6 is 11.6 Å². The zero-order valence-electron chi connectivity index (χ0n) is 9.77. The van der Waals surface area contributed by atoms with Gasteiger partial charge in [0, 0.05) is 6.07 Å². The Morgan fingerprint density at radius 2 is 1.89 bits per heavy atom. The zero-order chi connectivity index (χ0) is 13.1. The maximum Gasteiger partial charge on any atom is 0.131 e. The molecule has 2 rings (SSSR count). The highest BCUT2D eigenvalue weighted by Crippen LogP contribution is 2.31. The number of aryl methyl sites for hydroxylation is 1. The molecular weight excluding hydrogens is 248 g/mol. The number of hydrogen-bond donors (Lipinski definition) is 1. The molecule has 0 bridgehead atoms. The van der Waals surface area contributed by atoms with Gasteiger partial charge in [0.1, 0.15) is 11.5 Å². The monoisotopic (exact) mass is 258 g/mol. The van der Waals surface area contributed by atoms with Gasteiger partial charge in [0.25, 0.3) is 0 Å². The molecule has 0 heterocycles. The standard InChI is InChI=1S/C14H11ClN2O/c1-9-6-13(17)12(15)7-14(9)18-11-4-2-10(8-16)3-5-11/h2-7H,17H2,1H3. The van der Waals surface area contributed by atoms with Gasteiger partial charge in [-0.15, -0.1) is 0 Å². The summed E-state index contributed by atoms with van der Waals surface area (Å²) in [4.78, 5) is 0. The van der Waals surface area contributed by atoms with Gasteiger partial charge in [-0.1, -0.05) is 11.6 Å². The Morgan fingerprint density at radius 1 is 1.22 bits per heavy atom. The van der Waals surface area contributed by atoms with Crippen LogP contribution in [0.4, 0.5) is 5.69 Å². The van der Waals surface area contributed by atoms with E-state index in [4.69, 9.17) is 27.3 Å². The molecule has 90 valence electrons. The fraction of sp³-hybridized carbons (Fsp3) is 0.0714. The molecule has 0 aliphatic carbocycles. The van der Waals surface area contributed by atoms with Gasteiger partial charge in [-0.05, 0) is 42.8 Å².